The molecule has 36 heavy (non-hydrogen) atoms. The van der Waals surface area contributed by atoms with Crippen LogP contribution in [0.3, 0.4) is 0 Å². The molecule has 2 N–H and O–H groups in total. The largest absolute Gasteiger partial charge is 0.702 e. The van der Waals surface area contributed by atoms with Crippen LogP contribution in [0.1, 0.15) is 48.4 Å². The fraction of sp³-hybridized carbons (Fsp3) is 0.286. The number of hydrogen-bond donors (Lipinski definition) is 1. The fourth-order valence-corrected chi connectivity index (χ4v) is 3.94. The first-order valence-electron chi connectivity index (χ1n) is 11.4. The van der Waals surface area contributed by atoms with Crippen LogP contribution in [0.25, 0.3) is 16.9 Å². The van der Waals surface area contributed by atoms with Gasteiger partial charge in [-0.15, -0.1) is 6.58 Å². The van der Waals surface area contributed by atoms with E-state index in [4.69, 9.17) is 5.73 Å². The Kier molecular flexibility index (Phi) is 8.06. The molecule has 0 aromatic heterocycles. The quantitative estimate of drug-likeness (QED) is 0.304. The van der Waals surface area contributed by atoms with Crippen molar-refractivity contribution < 1.29 is 26.3 Å². The number of nitrogens with one attached hydrogen (secondary N) is 2. The molecule has 2 nitrogen and oxygen atoms in total. The van der Waals surface area contributed by atoms with Crippen LogP contribution >= 0.6 is 0 Å². The van der Waals surface area contributed by atoms with Gasteiger partial charge >= 0.3 is 12.4 Å². The molecule has 0 heterocycles. The van der Waals surface area contributed by atoms with Crippen LogP contribution in [0.4, 0.5) is 32.0 Å². The lowest BCUT2D eigenvalue weighted by atomic mass is 9.86. The summed E-state index contributed by atoms with van der Waals surface area (Å²) in [5.41, 5.74) is 10.2. The highest BCUT2D eigenvalue weighted by molar-refractivity contribution is 5.70. The molecule has 0 saturated carbocycles. The monoisotopic (exact) mass is 505 g/mol. The van der Waals surface area contributed by atoms with Crippen molar-refractivity contribution in [1.82, 2.24) is 0 Å². The number of hydrogen-bond acceptors (Lipinski definition) is 1. The lowest BCUT2D eigenvalue weighted by Gasteiger charge is -2.26. The van der Waals surface area contributed by atoms with E-state index in [1.807, 2.05) is 26.0 Å². The summed E-state index contributed by atoms with van der Waals surface area (Å²) >= 11 is 0. The Labute approximate surface area is 206 Å². The van der Waals surface area contributed by atoms with Crippen LogP contribution in [0.5, 0.6) is 0 Å². The molecule has 0 aliphatic heterocycles. The van der Waals surface area contributed by atoms with E-state index in [0.717, 1.165) is 29.8 Å². The molecule has 0 radical (unpaired) electrons. The van der Waals surface area contributed by atoms with Gasteiger partial charge in [0.2, 0.25) is 0 Å². The second-order valence-electron chi connectivity index (χ2n) is 9.17. The lowest BCUT2D eigenvalue weighted by molar-refractivity contribution is -0.138. The van der Waals surface area contributed by atoms with Crippen molar-refractivity contribution in [3.8, 4) is 11.1 Å². The smallest absolute Gasteiger partial charge is 0.416 e. The zero-order chi connectivity index (χ0) is 26.7. The maximum Gasteiger partial charge on any atom is 0.416 e. The highest BCUT2D eigenvalue weighted by atomic mass is 19.4. The van der Waals surface area contributed by atoms with Gasteiger partial charge in [-0.1, -0.05) is 44.2 Å². The van der Waals surface area contributed by atoms with Gasteiger partial charge in [0.1, 0.15) is 0 Å². The number of rotatable bonds is 8. The molecule has 1 atom stereocenters. The number of alkyl halides is 6. The maximum absolute atomic E-state index is 13.0. The average molecular weight is 506 g/mol. The topological polar surface area (TPSA) is 35.8 Å². The van der Waals surface area contributed by atoms with Crippen LogP contribution in [-0.2, 0) is 18.9 Å². The number of halogens is 6. The zero-order valence-electron chi connectivity index (χ0n) is 19.9. The van der Waals surface area contributed by atoms with E-state index in [2.05, 4.69) is 11.9 Å². The minimum Gasteiger partial charge on any atom is -0.702 e. The molecule has 3 rings (SSSR count). The molecular weight excluding hydrogens is 478 g/mol. The van der Waals surface area contributed by atoms with Crippen molar-refractivity contribution in [3.63, 3.8) is 0 Å². The first kappa shape index (κ1) is 27.2. The molecule has 192 valence electrons. The van der Waals surface area contributed by atoms with E-state index in [9.17, 15) is 26.3 Å². The molecule has 0 fully saturated rings. The van der Waals surface area contributed by atoms with Crippen molar-refractivity contribution in [2.24, 2.45) is 5.92 Å². The van der Waals surface area contributed by atoms with Crippen LogP contribution in [0, 0.1) is 5.92 Å². The highest BCUT2D eigenvalue weighted by Crippen LogP contribution is 2.37. The van der Waals surface area contributed by atoms with Gasteiger partial charge in [-0.05, 0) is 76.9 Å². The van der Waals surface area contributed by atoms with Gasteiger partial charge in [0.05, 0.1) is 11.1 Å². The molecule has 0 spiro atoms. The minimum absolute atomic E-state index is 0.224. The highest BCUT2D eigenvalue weighted by Gasteiger charge is 2.30. The third-order valence-electron chi connectivity index (χ3n) is 5.81. The summed E-state index contributed by atoms with van der Waals surface area (Å²) in [7, 11) is 0. The van der Waals surface area contributed by atoms with Crippen molar-refractivity contribution in [1.29, 1.82) is 0 Å². The van der Waals surface area contributed by atoms with Crippen molar-refractivity contribution in [2.45, 2.75) is 45.1 Å². The summed E-state index contributed by atoms with van der Waals surface area (Å²) < 4.78 is 77.6. The third-order valence-corrected chi connectivity index (χ3v) is 5.81. The molecule has 0 amide bonds. The Balaban J connectivity index is 1.96. The van der Waals surface area contributed by atoms with Crippen molar-refractivity contribution in [2.75, 3.05) is 5.32 Å². The molecule has 3 aromatic carbocycles. The Hall–Kier alpha value is -3.42. The molecule has 0 aliphatic rings. The van der Waals surface area contributed by atoms with Gasteiger partial charge < -0.3 is 11.1 Å². The molecule has 3 aromatic rings. The molecule has 0 saturated heterocycles. The molecular formula is C28H27F6N2-. The predicted molar refractivity (Wildman–Crippen MR) is 131 cm³/mol. The van der Waals surface area contributed by atoms with E-state index in [0.29, 0.717) is 28.8 Å². The number of benzene rings is 3. The molecule has 0 aliphatic carbocycles. The van der Waals surface area contributed by atoms with Crippen LogP contribution < -0.4 is 5.32 Å². The van der Waals surface area contributed by atoms with Crippen LogP contribution in [0.2, 0.25) is 0 Å². The summed E-state index contributed by atoms with van der Waals surface area (Å²) in [5, 5.41) is 3.20. The standard InChI is InChI=1S/C28H27F6N2/c1-17(2)12-26(18(3)35)22-13-21(20-6-10-24(11-7-20)28(32,33)34)14-25(15-22)36-16-19-4-8-23(9-5-19)27(29,30)31/h4-11,13-15,17,26,35-36H,3,12,16H2,1-2H3/q-1/t26-/m0/s1. The van der Waals surface area contributed by atoms with Gasteiger partial charge in [-0.25, -0.2) is 0 Å². The lowest BCUT2D eigenvalue weighted by Crippen LogP contribution is -2.07. The van der Waals surface area contributed by atoms with Gasteiger partial charge in [-0.3, -0.25) is 0 Å². The second-order valence-corrected chi connectivity index (χ2v) is 9.17. The van der Waals surface area contributed by atoms with Gasteiger partial charge in [0.15, 0.2) is 0 Å². The summed E-state index contributed by atoms with van der Waals surface area (Å²) in [5.74, 6) is -0.0126. The minimum atomic E-state index is -4.44. The van der Waals surface area contributed by atoms with Gasteiger partial charge in [0, 0.05) is 12.2 Å². The second kappa shape index (κ2) is 10.7. The summed E-state index contributed by atoms with van der Waals surface area (Å²) in [6, 6.07) is 15.1. The van der Waals surface area contributed by atoms with E-state index < -0.39 is 23.5 Å². The first-order chi connectivity index (χ1) is 16.7. The van der Waals surface area contributed by atoms with E-state index in [1.165, 1.54) is 24.3 Å². The van der Waals surface area contributed by atoms with Crippen molar-refractivity contribution >= 4 is 5.69 Å². The van der Waals surface area contributed by atoms with E-state index in [1.54, 1.807) is 6.07 Å². The molecule has 0 bridgehead atoms. The van der Waals surface area contributed by atoms with E-state index >= 15 is 0 Å². The first-order valence-corrected chi connectivity index (χ1v) is 11.4. The van der Waals surface area contributed by atoms with E-state index in [-0.39, 0.29) is 24.1 Å². The molecule has 0 unspecified atom stereocenters. The zero-order valence-corrected chi connectivity index (χ0v) is 19.9. The van der Waals surface area contributed by atoms with Gasteiger partial charge in [-0.2, -0.15) is 32.0 Å². The molecule has 8 heteroatoms. The van der Waals surface area contributed by atoms with Crippen molar-refractivity contribution in [3.05, 3.63) is 107 Å². The summed E-state index contributed by atoms with van der Waals surface area (Å²) in [6.07, 6.45) is -8.20. The summed E-state index contributed by atoms with van der Waals surface area (Å²) in [6.45, 7) is 8.10. The predicted octanol–water partition coefficient (Wildman–Crippen LogP) is 9.70. The van der Waals surface area contributed by atoms with Crippen LogP contribution in [0.15, 0.2) is 79.0 Å². The Bertz CT molecular complexity index is 1180. The maximum atomic E-state index is 13.0. The summed E-state index contributed by atoms with van der Waals surface area (Å²) in [4.78, 5) is 0. The Morgan fingerprint density at radius 1 is 0.806 bits per heavy atom. The normalized spacial score (nSPS) is 13.0. The van der Waals surface area contributed by atoms with Gasteiger partial charge in [0.25, 0.3) is 0 Å². The van der Waals surface area contributed by atoms with Crippen LogP contribution in [-0.4, -0.2) is 0 Å². The fourth-order valence-electron chi connectivity index (χ4n) is 3.94. The SMILES string of the molecule is C=C([NH-])[C@H](CC(C)C)c1cc(NCc2ccc(C(F)(F)F)cc2)cc(-c2ccc(C(F)(F)F)cc2)c1. The number of allylic oxidation sites excluding steroid dienone is 1. The third kappa shape index (κ3) is 7.06. The Morgan fingerprint density at radius 2 is 1.33 bits per heavy atom. The Morgan fingerprint density at radius 3 is 1.81 bits per heavy atom. The average Bonchev–Trinajstić information content (AvgIpc) is 2.80. The number of anilines is 1.